The van der Waals surface area contributed by atoms with Gasteiger partial charge in [0, 0.05) is 32.1 Å². The molecule has 1 amide bonds. The molecule has 4 rings (SSSR count). The van der Waals surface area contributed by atoms with Crippen LogP contribution in [-0.2, 0) is 11.3 Å². The number of hydrogen-bond donors (Lipinski definition) is 1. The summed E-state index contributed by atoms with van der Waals surface area (Å²) < 4.78 is 2.21. The lowest BCUT2D eigenvalue weighted by atomic mass is 9.95. The summed E-state index contributed by atoms with van der Waals surface area (Å²) in [6, 6.07) is 18.5. The van der Waals surface area contributed by atoms with Crippen LogP contribution in [0.4, 0.5) is 5.95 Å². The van der Waals surface area contributed by atoms with E-state index in [1.54, 1.807) is 0 Å². The topological polar surface area (TPSA) is 50.2 Å². The van der Waals surface area contributed by atoms with Crippen LogP contribution in [0.25, 0.3) is 11.0 Å². The second-order valence-corrected chi connectivity index (χ2v) is 8.12. The summed E-state index contributed by atoms with van der Waals surface area (Å²) in [4.78, 5) is 19.9. The largest absolute Gasteiger partial charge is 0.355 e. The molecule has 1 saturated heterocycles. The van der Waals surface area contributed by atoms with Crippen LogP contribution in [0.5, 0.6) is 0 Å². The van der Waals surface area contributed by atoms with E-state index in [4.69, 9.17) is 4.98 Å². The molecule has 1 aliphatic heterocycles. The van der Waals surface area contributed by atoms with Gasteiger partial charge in [0.05, 0.1) is 11.0 Å². The summed E-state index contributed by atoms with van der Waals surface area (Å²) >= 11 is 0. The van der Waals surface area contributed by atoms with Gasteiger partial charge in [0.15, 0.2) is 0 Å². The van der Waals surface area contributed by atoms with Crippen molar-refractivity contribution in [3.63, 3.8) is 0 Å². The number of nitrogens with one attached hydrogen (secondary N) is 1. The molecule has 0 spiro atoms. The SMILES string of the molecule is C=CCn1c(N2CCC(C(=O)NCC(C)c3ccccc3)CC2)nc2ccccc21. The van der Waals surface area contributed by atoms with Gasteiger partial charge >= 0.3 is 0 Å². The molecule has 0 aliphatic carbocycles. The molecule has 3 aromatic rings. The highest BCUT2D eigenvalue weighted by Gasteiger charge is 2.27. The first-order valence-corrected chi connectivity index (χ1v) is 10.8. The fraction of sp³-hybridized carbons (Fsp3) is 0.360. The Morgan fingerprint density at radius 3 is 2.60 bits per heavy atom. The fourth-order valence-corrected chi connectivity index (χ4v) is 4.25. The lowest BCUT2D eigenvalue weighted by molar-refractivity contribution is -0.125. The van der Waals surface area contributed by atoms with E-state index in [0.29, 0.717) is 12.5 Å². The molecule has 1 atom stereocenters. The number of anilines is 1. The molecular formula is C25H30N4O. The molecule has 0 saturated carbocycles. The standard InChI is InChI=1S/C25H30N4O/c1-3-15-29-23-12-8-7-11-22(23)27-25(29)28-16-13-21(14-17-28)24(30)26-18-19(2)20-9-5-4-6-10-20/h3-12,19,21H,1,13-18H2,2H3,(H,26,30). The predicted octanol–water partition coefficient (Wildman–Crippen LogP) is 4.36. The first-order valence-electron chi connectivity index (χ1n) is 10.8. The van der Waals surface area contributed by atoms with Crippen molar-refractivity contribution >= 4 is 22.9 Å². The molecule has 0 bridgehead atoms. The number of para-hydroxylation sites is 2. The zero-order chi connectivity index (χ0) is 20.9. The maximum absolute atomic E-state index is 12.7. The number of nitrogens with zero attached hydrogens (tertiary/aromatic N) is 3. The summed E-state index contributed by atoms with van der Waals surface area (Å²) in [5.74, 6) is 1.54. The van der Waals surface area contributed by atoms with Crippen LogP contribution in [0.3, 0.4) is 0 Å². The maximum Gasteiger partial charge on any atom is 0.223 e. The average Bonchev–Trinajstić information content (AvgIpc) is 3.17. The highest BCUT2D eigenvalue weighted by Crippen LogP contribution is 2.27. The molecule has 5 nitrogen and oxygen atoms in total. The Hall–Kier alpha value is -3.08. The Morgan fingerprint density at radius 1 is 1.17 bits per heavy atom. The van der Waals surface area contributed by atoms with Gasteiger partial charge in [0.25, 0.3) is 0 Å². The van der Waals surface area contributed by atoms with Crippen molar-refractivity contribution in [3.05, 3.63) is 72.8 Å². The minimum Gasteiger partial charge on any atom is -0.355 e. The van der Waals surface area contributed by atoms with Crippen LogP contribution in [0.1, 0.15) is 31.2 Å². The Labute approximate surface area is 178 Å². The Balaban J connectivity index is 1.36. The first-order chi connectivity index (χ1) is 14.7. The van der Waals surface area contributed by atoms with Crippen LogP contribution in [-0.4, -0.2) is 35.1 Å². The highest BCUT2D eigenvalue weighted by atomic mass is 16.1. The van der Waals surface area contributed by atoms with Gasteiger partial charge in [-0.2, -0.15) is 0 Å². The van der Waals surface area contributed by atoms with E-state index in [1.165, 1.54) is 5.56 Å². The Morgan fingerprint density at radius 2 is 1.87 bits per heavy atom. The number of hydrogen-bond acceptors (Lipinski definition) is 3. The number of aromatic nitrogens is 2. The molecular weight excluding hydrogens is 372 g/mol. The number of amides is 1. The molecule has 0 radical (unpaired) electrons. The summed E-state index contributed by atoms with van der Waals surface area (Å²) in [6.07, 6.45) is 3.61. The molecule has 2 heterocycles. The van der Waals surface area contributed by atoms with Gasteiger partial charge in [-0.15, -0.1) is 6.58 Å². The van der Waals surface area contributed by atoms with Crippen molar-refractivity contribution in [1.29, 1.82) is 0 Å². The highest BCUT2D eigenvalue weighted by molar-refractivity contribution is 5.80. The van der Waals surface area contributed by atoms with E-state index in [1.807, 2.05) is 42.5 Å². The van der Waals surface area contributed by atoms with Crippen LogP contribution >= 0.6 is 0 Å². The third kappa shape index (κ3) is 4.25. The number of rotatable bonds is 7. The molecule has 1 aliphatic rings. The summed E-state index contributed by atoms with van der Waals surface area (Å²) in [7, 11) is 0. The van der Waals surface area contributed by atoms with Crippen molar-refractivity contribution in [1.82, 2.24) is 14.9 Å². The van der Waals surface area contributed by atoms with Crippen LogP contribution < -0.4 is 10.2 Å². The molecule has 2 aromatic carbocycles. The second kappa shape index (κ2) is 9.16. The Bertz CT molecular complexity index is 1000. The van der Waals surface area contributed by atoms with E-state index < -0.39 is 0 Å². The number of piperidine rings is 1. The van der Waals surface area contributed by atoms with E-state index in [9.17, 15) is 4.79 Å². The lowest BCUT2D eigenvalue weighted by Crippen LogP contribution is -2.42. The van der Waals surface area contributed by atoms with E-state index in [0.717, 1.165) is 49.5 Å². The van der Waals surface area contributed by atoms with Gasteiger partial charge in [0.2, 0.25) is 11.9 Å². The van der Waals surface area contributed by atoms with E-state index in [-0.39, 0.29) is 11.8 Å². The zero-order valence-corrected chi connectivity index (χ0v) is 17.6. The summed E-state index contributed by atoms with van der Waals surface area (Å²) in [6.45, 7) is 9.14. The number of fused-ring (bicyclic) bond motifs is 1. The quantitative estimate of drug-likeness (QED) is 0.598. The zero-order valence-electron chi connectivity index (χ0n) is 17.6. The third-order valence-electron chi connectivity index (χ3n) is 6.05. The first kappa shape index (κ1) is 20.2. The second-order valence-electron chi connectivity index (χ2n) is 8.12. The van der Waals surface area contributed by atoms with Gasteiger partial charge in [-0.1, -0.05) is 55.5 Å². The molecule has 1 fully saturated rings. The molecule has 1 N–H and O–H groups in total. The monoisotopic (exact) mass is 402 g/mol. The van der Waals surface area contributed by atoms with Crippen molar-refractivity contribution in [3.8, 4) is 0 Å². The summed E-state index contributed by atoms with van der Waals surface area (Å²) in [5, 5.41) is 3.17. The smallest absolute Gasteiger partial charge is 0.223 e. The normalized spacial score (nSPS) is 15.8. The van der Waals surface area contributed by atoms with Crippen LogP contribution in [0.15, 0.2) is 67.3 Å². The third-order valence-corrected chi connectivity index (χ3v) is 6.05. The number of carbonyl (C=O) groups excluding carboxylic acids is 1. The molecule has 5 heteroatoms. The number of allylic oxidation sites excluding steroid dienone is 1. The average molecular weight is 403 g/mol. The van der Waals surface area contributed by atoms with Gasteiger partial charge in [0.1, 0.15) is 0 Å². The predicted molar refractivity (Wildman–Crippen MR) is 123 cm³/mol. The number of benzene rings is 2. The van der Waals surface area contributed by atoms with Gasteiger partial charge in [-0.25, -0.2) is 4.98 Å². The lowest BCUT2D eigenvalue weighted by Gasteiger charge is -2.32. The van der Waals surface area contributed by atoms with Gasteiger partial charge in [-0.05, 0) is 36.5 Å². The summed E-state index contributed by atoms with van der Waals surface area (Å²) in [5.41, 5.74) is 3.39. The maximum atomic E-state index is 12.7. The minimum atomic E-state index is 0.0708. The number of imidazole rings is 1. The minimum absolute atomic E-state index is 0.0708. The number of carbonyl (C=O) groups is 1. The van der Waals surface area contributed by atoms with Gasteiger partial charge < -0.3 is 14.8 Å². The fourth-order valence-electron chi connectivity index (χ4n) is 4.25. The van der Waals surface area contributed by atoms with E-state index in [2.05, 4.69) is 46.5 Å². The molecule has 1 unspecified atom stereocenters. The molecule has 1 aromatic heterocycles. The molecule has 30 heavy (non-hydrogen) atoms. The van der Waals surface area contributed by atoms with Crippen molar-refractivity contribution < 1.29 is 4.79 Å². The van der Waals surface area contributed by atoms with Crippen molar-refractivity contribution in [2.45, 2.75) is 32.2 Å². The van der Waals surface area contributed by atoms with E-state index >= 15 is 0 Å². The molecule has 156 valence electrons. The Kier molecular flexibility index (Phi) is 6.17. The van der Waals surface area contributed by atoms with Crippen LogP contribution in [0, 0.1) is 5.92 Å². The van der Waals surface area contributed by atoms with Gasteiger partial charge in [-0.3, -0.25) is 4.79 Å². The van der Waals surface area contributed by atoms with Crippen molar-refractivity contribution in [2.75, 3.05) is 24.5 Å². The van der Waals surface area contributed by atoms with Crippen LogP contribution in [0.2, 0.25) is 0 Å². The van der Waals surface area contributed by atoms with Crippen molar-refractivity contribution in [2.24, 2.45) is 5.92 Å².